The number of carbonyl (C=O) groups is 1. The van der Waals surface area contributed by atoms with E-state index < -0.39 is 5.97 Å². The van der Waals surface area contributed by atoms with Gasteiger partial charge in [-0.2, -0.15) is 14.6 Å². The first kappa shape index (κ1) is 14.9. The fourth-order valence-electron chi connectivity index (χ4n) is 2.67. The van der Waals surface area contributed by atoms with Crippen LogP contribution in [0.3, 0.4) is 0 Å². The summed E-state index contributed by atoms with van der Waals surface area (Å²) in [4.78, 5) is 37.4. The van der Waals surface area contributed by atoms with Gasteiger partial charge in [0, 0.05) is 18.6 Å². The van der Waals surface area contributed by atoms with Crippen LogP contribution in [0.4, 0.5) is 0 Å². The van der Waals surface area contributed by atoms with Gasteiger partial charge in [0.05, 0.1) is 30.3 Å². The van der Waals surface area contributed by atoms with Crippen LogP contribution in [0.15, 0.2) is 47.9 Å². The van der Waals surface area contributed by atoms with Crippen LogP contribution in [0.1, 0.15) is 16.1 Å². The Morgan fingerprint density at radius 3 is 2.88 bits per heavy atom. The van der Waals surface area contributed by atoms with Crippen molar-refractivity contribution in [2.45, 2.75) is 6.54 Å². The van der Waals surface area contributed by atoms with Gasteiger partial charge in [0.1, 0.15) is 11.9 Å². The maximum absolute atomic E-state index is 12.8. The number of nitrogens with zero attached hydrogens (tertiary/aromatic N) is 6. The molecule has 25 heavy (non-hydrogen) atoms. The lowest BCUT2D eigenvalue weighted by atomic mass is 10.2. The van der Waals surface area contributed by atoms with E-state index >= 15 is 0 Å². The summed E-state index contributed by atoms with van der Waals surface area (Å²) in [6, 6.07) is 5.42. The molecule has 0 aliphatic rings. The number of pyridine rings is 2. The third-order valence-corrected chi connectivity index (χ3v) is 3.80. The molecule has 0 atom stereocenters. The number of esters is 1. The average molecular weight is 336 g/mol. The highest BCUT2D eigenvalue weighted by Gasteiger charge is 2.19. The molecule has 9 heteroatoms. The van der Waals surface area contributed by atoms with Gasteiger partial charge in [-0.15, -0.1) is 0 Å². The summed E-state index contributed by atoms with van der Waals surface area (Å²) in [7, 11) is 1.28. The van der Waals surface area contributed by atoms with Gasteiger partial charge >= 0.3 is 5.97 Å². The zero-order valence-corrected chi connectivity index (χ0v) is 13.2. The van der Waals surface area contributed by atoms with Crippen molar-refractivity contribution in [3.8, 4) is 0 Å². The number of fused-ring (bicyclic) bond motifs is 3. The molecule has 4 heterocycles. The third-order valence-electron chi connectivity index (χ3n) is 3.80. The molecule has 0 amide bonds. The molecule has 4 aromatic rings. The zero-order valence-electron chi connectivity index (χ0n) is 13.2. The molecule has 0 saturated heterocycles. The molecule has 0 N–H and O–H groups in total. The highest BCUT2D eigenvalue weighted by Crippen LogP contribution is 2.17. The summed E-state index contributed by atoms with van der Waals surface area (Å²) in [5, 5.41) is 4.30. The van der Waals surface area contributed by atoms with Crippen molar-refractivity contribution >= 4 is 22.6 Å². The van der Waals surface area contributed by atoms with E-state index in [1.807, 2.05) is 6.07 Å². The Kier molecular flexibility index (Phi) is 3.46. The number of hydrogen-bond acceptors (Lipinski definition) is 7. The Balaban J connectivity index is 2.03. The van der Waals surface area contributed by atoms with E-state index in [0.717, 1.165) is 0 Å². The van der Waals surface area contributed by atoms with Gasteiger partial charge in [0.2, 0.25) is 0 Å². The second-order valence-electron chi connectivity index (χ2n) is 5.28. The molecular weight excluding hydrogens is 324 g/mol. The second-order valence-corrected chi connectivity index (χ2v) is 5.28. The van der Waals surface area contributed by atoms with E-state index in [2.05, 4.69) is 20.1 Å². The fraction of sp³-hybridized carbons (Fsp3) is 0.125. The van der Waals surface area contributed by atoms with E-state index in [1.165, 1.54) is 34.9 Å². The van der Waals surface area contributed by atoms with Crippen molar-refractivity contribution in [3.63, 3.8) is 0 Å². The van der Waals surface area contributed by atoms with Gasteiger partial charge in [-0.1, -0.05) is 6.07 Å². The molecule has 4 aromatic heterocycles. The minimum Gasteiger partial charge on any atom is -0.465 e. The highest BCUT2D eigenvalue weighted by molar-refractivity contribution is 6.02. The first-order valence-corrected chi connectivity index (χ1v) is 7.39. The quantitative estimate of drug-likeness (QED) is 0.506. The van der Waals surface area contributed by atoms with Crippen molar-refractivity contribution in [3.05, 3.63) is 64.7 Å². The Morgan fingerprint density at radius 2 is 2.12 bits per heavy atom. The number of rotatable bonds is 3. The van der Waals surface area contributed by atoms with Crippen LogP contribution in [-0.2, 0) is 11.3 Å². The van der Waals surface area contributed by atoms with Gasteiger partial charge < -0.3 is 9.30 Å². The summed E-state index contributed by atoms with van der Waals surface area (Å²) in [5.74, 6) is -0.290. The zero-order chi connectivity index (χ0) is 17.4. The summed E-state index contributed by atoms with van der Waals surface area (Å²) in [5.41, 5.74) is 0.898. The van der Waals surface area contributed by atoms with Crippen molar-refractivity contribution in [1.29, 1.82) is 0 Å². The second kappa shape index (κ2) is 5.78. The number of carbonyl (C=O) groups excluding carboxylic acids is 1. The molecule has 4 rings (SSSR count). The molecule has 0 unspecified atom stereocenters. The van der Waals surface area contributed by atoms with E-state index in [9.17, 15) is 9.59 Å². The monoisotopic (exact) mass is 336 g/mol. The molecule has 0 aromatic carbocycles. The Labute approximate surface area is 140 Å². The Morgan fingerprint density at radius 1 is 1.24 bits per heavy atom. The van der Waals surface area contributed by atoms with E-state index in [-0.39, 0.29) is 23.1 Å². The van der Waals surface area contributed by atoms with Crippen molar-refractivity contribution < 1.29 is 9.53 Å². The largest absolute Gasteiger partial charge is 0.465 e. The van der Waals surface area contributed by atoms with Crippen LogP contribution >= 0.6 is 0 Å². The average Bonchev–Trinajstić information content (AvgIpc) is 3.13. The maximum atomic E-state index is 12.8. The predicted molar refractivity (Wildman–Crippen MR) is 87.2 cm³/mol. The van der Waals surface area contributed by atoms with Gasteiger partial charge in [-0.25, -0.2) is 9.78 Å². The van der Waals surface area contributed by atoms with Crippen LogP contribution in [-0.4, -0.2) is 42.2 Å². The number of ether oxygens (including phenoxy) is 1. The van der Waals surface area contributed by atoms with Crippen LogP contribution in [0.25, 0.3) is 16.7 Å². The molecule has 9 nitrogen and oxygen atoms in total. The fourth-order valence-corrected chi connectivity index (χ4v) is 2.67. The highest BCUT2D eigenvalue weighted by atomic mass is 16.5. The van der Waals surface area contributed by atoms with Crippen LogP contribution in [0.2, 0.25) is 0 Å². The van der Waals surface area contributed by atoms with Crippen molar-refractivity contribution in [1.82, 2.24) is 29.1 Å². The molecule has 0 bridgehead atoms. The molecule has 0 radical (unpaired) electrons. The molecule has 124 valence electrons. The molecule has 0 fully saturated rings. The molecular formula is C16H12N6O3. The minimum atomic E-state index is -0.581. The SMILES string of the molecule is COC(=O)c1cn(Cc2ccccn2)c(=O)c2cnc3ncnn3c12. The van der Waals surface area contributed by atoms with Crippen LogP contribution < -0.4 is 5.56 Å². The molecule has 0 aliphatic carbocycles. The first-order chi connectivity index (χ1) is 12.2. The van der Waals surface area contributed by atoms with E-state index in [4.69, 9.17) is 4.74 Å². The maximum Gasteiger partial charge on any atom is 0.341 e. The normalized spacial score (nSPS) is 11.1. The van der Waals surface area contributed by atoms with Crippen molar-refractivity contribution in [2.24, 2.45) is 0 Å². The van der Waals surface area contributed by atoms with Crippen LogP contribution in [0.5, 0.6) is 0 Å². The summed E-state index contributed by atoms with van der Waals surface area (Å²) in [6.07, 6.45) is 5.79. The van der Waals surface area contributed by atoms with E-state index in [0.29, 0.717) is 17.0 Å². The van der Waals surface area contributed by atoms with Crippen LogP contribution in [0, 0.1) is 0 Å². The number of methoxy groups -OCH3 is 1. The van der Waals surface area contributed by atoms with Gasteiger partial charge in [0.25, 0.3) is 11.3 Å². The molecule has 0 spiro atoms. The lowest BCUT2D eigenvalue weighted by molar-refractivity contribution is 0.0601. The smallest absolute Gasteiger partial charge is 0.341 e. The summed E-state index contributed by atoms with van der Waals surface area (Å²) in [6.45, 7) is 0.217. The third kappa shape index (κ3) is 2.42. The molecule has 0 saturated carbocycles. The van der Waals surface area contributed by atoms with Gasteiger partial charge in [-0.05, 0) is 12.1 Å². The lowest BCUT2D eigenvalue weighted by Gasteiger charge is -2.11. The van der Waals surface area contributed by atoms with Crippen molar-refractivity contribution in [2.75, 3.05) is 7.11 Å². The lowest BCUT2D eigenvalue weighted by Crippen LogP contribution is -2.24. The molecule has 0 aliphatic heterocycles. The first-order valence-electron chi connectivity index (χ1n) is 7.39. The number of aromatic nitrogens is 6. The van der Waals surface area contributed by atoms with E-state index in [1.54, 1.807) is 18.3 Å². The minimum absolute atomic E-state index is 0.200. The van der Waals surface area contributed by atoms with Gasteiger partial charge in [-0.3, -0.25) is 9.78 Å². The predicted octanol–water partition coefficient (Wildman–Crippen LogP) is 0.669. The summed E-state index contributed by atoms with van der Waals surface area (Å²) >= 11 is 0. The summed E-state index contributed by atoms with van der Waals surface area (Å²) < 4.78 is 7.62. The standard InChI is InChI=1S/C16H12N6O3/c1-25-15(24)12-8-21(7-10-4-2-3-5-17-10)14(23)11-6-18-16-19-9-20-22(16)13(11)12/h2-6,8-9H,7H2,1H3. The Hall–Kier alpha value is -3.62. The Bertz CT molecular complexity index is 1150. The van der Waals surface area contributed by atoms with Gasteiger partial charge in [0.15, 0.2) is 0 Å². The number of hydrogen-bond donors (Lipinski definition) is 0. The topological polar surface area (TPSA) is 104 Å².